The maximum Gasteiger partial charge on any atom is 0.407 e. The second-order valence-corrected chi connectivity index (χ2v) is 7.14. The highest BCUT2D eigenvalue weighted by molar-refractivity contribution is 5.71. The molecule has 1 aromatic rings. The van der Waals surface area contributed by atoms with Gasteiger partial charge in [-0.05, 0) is 52.2 Å². The second-order valence-electron chi connectivity index (χ2n) is 7.14. The molecule has 0 radical (unpaired) electrons. The minimum atomic E-state index is -0.526. The number of alkyl carbamates (subject to hydrolysis) is 1. The minimum Gasteiger partial charge on any atom is -0.469 e. The van der Waals surface area contributed by atoms with Gasteiger partial charge in [-0.2, -0.15) is 0 Å². The van der Waals surface area contributed by atoms with Gasteiger partial charge in [0, 0.05) is 25.3 Å². The topological polar surface area (TPSA) is 67.9 Å². The molecule has 1 N–H and O–H groups in total. The normalized spacial score (nSPS) is 13.9. The number of hydrogen-bond acceptors (Lipinski definition) is 5. The molecular weight excluding hydrogens is 332 g/mol. The Morgan fingerprint density at radius 3 is 2.23 bits per heavy atom. The van der Waals surface area contributed by atoms with Crippen LogP contribution in [0.5, 0.6) is 0 Å². The summed E-state index contributed by atoms with van der Waals surface area (Å²) in [7, 11) is 1.30. The average Bonchev–Trinajstić information content (AvgIpc) is 2.62. The molecule has 146 valence electrons. The first kappa shape index (κ1) is 21.8. The van der Waals surface area contributed by atoms with E-state index < -0.39 is 11.7 Å². The standard InChI is InChI=1S/C11H15N.C9H17NO4/c1-3-7-11(8-4-1)12-9-5-2-6-10-12;1-9(2,3)14-8(12)10-6-5-7(11)13-4/h1,3-4,7-8H,2,5-6,9-10H2;5-6H2,1-4H3,(H,10,12). The molecule has 0 unspecified atom stereocenters. The number of carbonyl (C=O) groups excluding carboxylic acids is 2. The predicted molar refractivity (Wildman–Crippen MR) is 103 cm³/mol. The van der Waals surface area contributed by atoms with Crippen molar-refractivity contribution in [2.45, 2.75) is 52.1 Å². The molecule has 1 saturated heterocycles. The Morgan fingerprint density at radius 2 is 1.69 bits per heavy atom. The van der Waals surface area contributed by atoms with Gasteiger partial charge >= 0.3 is 12.1 Å². The monoisotopic (exact) mass is 364 g/mol. The van der Waals surface area contributed by atoms with Gasteiger partial charge in [-0.3, -0.25) is 4.79 Å². The summed E-state index contributed by atoms with van der Waals surface area (Å²) >= 11 is 0. The van der Waals surface area contributed by atoms with Crippen molar-refractivity contribution in [3.63, 3.8) is 0 Å². The lowest BCUT2D eigenvalue weighted by atomic mass is 10.1. The van der Waals surface area contributed by atoms with Crippen molar-refractivity contribution < 1.29 is 19.1 Å². The zero-order valence-electron chi connectivity index (χ0n) is 16.4. The van der Waals surface area contributed by atoms with Crippen molar-refractivity contribution in [2.75, 3.05) is 31.6 Å². The fourth-order valence-corrected chi connectivity index (χ4v) is 2.47. The molecular formula is C20H32N2O4. The van der Waals surface area contributed by atoms with Crippen LogP contribution < -0.4 is 10.2 Å². The molecule has 1 aliphatic heterocycles. The Bertz CT molecular complexity index is 534. The summed E-state index contributed by atoms with van der Waals surface area (Å²) in [5, 5.41) is 2.44. The molecule has 1 aromatic carbocycles. The van der Waals surface area contributed by atoms with Crippen molar-refractivity contribution in [2.24, 2.45) is 0 Å². The molecule has 0 saturated carbocycles. The zero-order valence-corrected chi connectivity index (χ0v) is 16.4. The molecule has 0 bridgehead atoms. The lowest BCUT2D eigenvalue weighted by Crippen LogP contribution is -2.33. The SMILES string of the molecule is COC(=O)CCNC(=O)OC(C)(C)C.c1ccc(N2CCCCC2)cc1. The van der Waals surface area contributed by atoms with Crippen LogP contribution in [0.1, 0.15) is 46.5 Å². The molecule has 1 heterocycles. The van der Waals surface area contributed by atoms with Gasteiger partial charge in [0.2, 0.25) is 0 Å². The molecule has 1 fully saturated rings. The number of hydrogen-bond donors (Lipinski definition) is 1. The van der Waals surface area contributed by atoms with E-state index in [-0.39, 0.29) is 18.9 Å². The van der Waals surface area contributed by atoms with Crippen LogP contribution in [0, 0.1) is 0 Å². The lowest BCUT2D eigenvalue weighted by Gasteiger charge is -2.28. The first-order chi connectivity index (χ1) is 12.3. The fourth-order valence-electron chi connectivity index (χ4n) is 2.47. The van der Waals surface area contributed by atoms with E-state index in [9.17, 15) is 9.59 Å². The van der Waals surface area contributed by atoms with Crippen LogP contribution in [0.25, 0.3) is 0 Å². The third-order valence-electron chi connectivity index (χ3n) is 3.70. The highest BCUT2D eigenvalue weighted by Gasteiger charge is 2.15. The van der Waals surface area contributed by atoms with Gasteiger partial charge < -0.3 is 19.7 Å². The fraction of sp³-hybridized carbons (Fsp3) is 0.600. The molecule has 0 aliphatic carbocycles. The van der Waals surface area contributed by atoms with Gasteiger partial charge in [0.1, 0.15) is 5.60 Å². The number of nitrogens with one attached hydrogen (secondary N) is 1. The van der Waals surface area contributed by atoms with Crippen LogP contribution in [0.3, 0.4) is 0 Å². The number of piperidine rings is 1. The van der Waals surface area contributed by atoms with Gasteiger partial charge in [0.05, 0.1) is 13.5 Å². The van der Waals surface area contributed by atoms with E-state index in [1.54, 1.807) is 20.8 Å². The first-order valence-corrected chi connectivity index (χ1v) is 9.15. The quantitative estimate of drug-likeness (QED) is 0.824. The Hall–Kier alpha value is -2.24. The molecule has 0 spiro atoms. The number of amides is 1. The number of rotatable bonds is 4. The number of nitrogens with zero attached hydrogens (tertiary/aromatic N) is 1. The molecule has 0 atom stereocenters. The van der Waals surface area contributed by atoms with Crippen LogP contribution >= 0.6 is 0 Å². The summed E-state index contributed by atoms with van der Waals surface area (Å²) in [5.74, 6) is -0.360. The summed E-state index contributed by atoms with van der Waals surface area (Å²) in [6.07, 6.45) is 3.74. The Balaban J connectivity index is 0.000000262. The summed E-state index contributed by atoms with van der Waals surface area (Å²) in [6.45, 7) is 8.02. The number of carbonyl (C=O) groups is 2. The molecule has 2 rings (SSSR count). The van der Waals surface area contributed by atoms with Crippen molar-refractivity contribution >= 4 is 17.7 Å². The van der Waals surface area contributed by atoms with Crippen molar-refractivity contribution in [3.05, 3.63) is 30.3 Å². The van der Waals surface area contributed by atoms with Crippen LogP contribution in [0.2, 0.25) is 0 Å². The summed E-state index contributed by atoms with van der Waals surface area (Å²) < 4.78 is 9.35. The number of esters is 1. The number of ether oxygens (including phenoxy) is 2. The second kappa shape index (κ2) is 11.4. The van der Waals surface area contributed by atoms with E-state index >= 15 is 0 Å². The molecule has 26 heavy (non-hydrogen) atoms. The Kier molecular flexibility index (Phi) is 9.55. The largest absolute Gasteiger partial charge is 0.469 e. The van der Waals surface area contributed by atoms with Crippen LogP contribution in [0.4, 0.5) is 10.5 Å². The molecule has 6 nitrogen and oxygen atoms in total. The average molecular weight is 364 g/mol. The summed E-state index contributed by atoms with van der Waals surface area (Å²) in [6, 6.07) is 10.7. The first-order valence-electron chi connectivity index (χ1n) is 9.15. The summed E-state index contributed by atoms with van der Waals surface area (Å²) in [5.41, 5.74) is 0.868. The zero-order chi connectivity index (χ0) is 19.4. The number of anilines is 1. The maximum atomic E-state index is 11.0. The van der Waals surface area contributed by atoms with Gasteiger partial charge in [-0.15, -0.1) is 0 Å². The molecule has 0 aromatic heterocycles. The maximum absolute atomic E-state index is 11.0. The highest BCUT2D eigenvalue weighted by Crippen LogP contribution is 2.18. The molecule has 6 heteroatoms. The predicted octanol–water partition coefficient (Wildman–Crippen LogP) is 3.75. The van der Waals surface area contributed by atoms with Crippen LogP contribution in [0.15, 0.2) is 30.3 Å². The molecule has 1 amide bonds. The smallest absolute Gasteiger partial charge is 0.407 e. The van der Waals surface area contributed by atoms with Crippen LogP contribution in [-0.2, 0) is 14.3 Å². The van der Waals surface area contributed by atoms with Gasteiger partial charge in [0.15, 0.2) is 0 Å². The number of para-hydroxylation sites is 1. The van der Waals surface area contributed by atoms with Crippen molar-refractivity contribution in [1.82, 2.24) is 5.32 Å². The lowest BCUT2D eigenvalue weighted by molar-refractivity contribution is -0.140. The van der Waals surface area contributed by atoms with Crippen molar-refractivity contribution in [3.8, 4) is 0 Å². The summed E-state index contributed by atoms with van der Waals surface area (Å²) in [4.78, 5) is 24.2. The number of methoxy groups -OCH3 is 1. The van der Waals surface area contributed by atoms with Gasteiger partial charge in [0.25, 0.3) is 0 Å². The van der Waals surface area contributed by atoms with E-state index in [0.717, 1.165) is 0 Å². The highest BCUT2D eigenvalue weighted by atomic mass is 16.6. The minimum absolute atomic E-state index is 0.149. The van der Waals surface area contributed by atoms with E-state index in [1.165, 1.54) is 45.1 Å². The third kappa shape index (κ3) is 9.91. The number of benzene rings is 1. The van der Waals surface area contributed by atoms with Crippen molar-refractivity contribution in [1.29, 1.82) is 0 Å². The van der Waals surface area contributed by atoms with E-state index in [2.05, 4.69) is 45.3 Å². The third-order valence-corrected chi connectivity index (χ3v) is 3.70. The molecule has 1 aliphatic rings. The Morgan fingerprint density at radius 1 is 1.08 bits per heavy atom. The van der Waals surface area contributed by atoms with Gasteiger partial charge in [-0.25, -0.2) is 4.79 Å². The Labute approximate surface area is 156 Å². The van der Waals surface area contributed by atoms with E-state index in [0.29, 0.717) is 0 Å². The van der Waals surface area contributed by atoms with E-state index in [1.807, 2.05) is 0 Å². The van der Waals surface area contributed by atoms with Gasteiger partial charge in [-0.1, -0.05) is 18.2 Å². The van der Waals surface area contributed by atoms with E-state index in [4.69, 9.17) is 4.74 Å². The van der Waals surface area contributed by atoms with Crippen LogP contribution in [-0.4, -0.2) is 44.4 Å².